The van der Waals surface area contributed by atoms with Crippen molar-refractivity contribution >= 4 is 0 Å². The molecule has 1 nitrogen and oxygen atoms in total. The van der Waals surface area contributed by atoms with Gasteiger partial charge < -0.3 is 5.73 Å². The smallest absolute Gasteiger partial charge is 0.0266 e. The van der Waals surface area contributed by atoms with E-state index in [9.17, 15) is 0 Å². The van der Waals surface area contributed by atoms with E-state index in [0.29, 0.717) is 0 Å². The Morgan fingerprint density at radius 2 is 1.79 bits per heavy atom. The predicted octanol–water partition coefficient (Wildman–Crippen LogP) is 3.17. The van der Waals surface area contributed by atoms with Gasteiger partial charge in [-0.05, 0) is 18.1 Å². The van der Waals surface area contributed by atoms with Crippen LogP contribution in [0.2, 0.25) is 0 Å². The SMILES string of the molecule is C=CC(C)(C)c1ccc(C(C)N)cc1. The molecule has 0 aliphatic heterocycles. The molecule has 0 aliphatic carbocycles. The third kappa shape index (κ3) is 2.24. The second-order valence-corrected chi connectivity index (χ2v) is 4.34. The molecule has 0 saturated carbocycles. The van der Waals surface area contributed by atoms with Crippen LogP contribution in [-0.2, 0) is 5.41 Å². The summed E-state index contributed by atoms with van der Waals surface area (Å²) in [5, 5.41) is 0. The molecule has 0 aromatic heterocycles. The van der Waals surface area contributed by atoms with Crippen LogP contribution in [0.15, 0.2) is 36.9 Å². The summed E-state index contributed by atoms with van der Waals surface area (Å²) in [7, 11) is 0. The van der Waals surface area contributed by atoms with Gasteiger partial charge in [0.1, 0.15) is 0 Å². The highest BCUT2D eigenvalue weighted by atomic mass is 14.6. The van der Waals surface area contributed by atoms with Crippen LogP contribution in [-0.4, -0.2) is 0 Å². The molecule has 2 N–H and O–H groups in total. The zero-order chi connectivity index (χ0) is 10.8. The Bertz CT molecular complexity index is 307. The third-order valence-corrected chi connectivity index (χ3v) is 2.69. The van der Waals surface area contributed by atoms with Crippen LogP contribution < -0.4 is 5.73 Å². The van der Waals surface area contributed by atoms with Crippen molar-refractivity contribution in [3.8, 4) is 0 Å². The first-order valence-corrected chi connectivity index (χ1v) is 4.97. The van der Waals surface area contributed by atoms with Crippen molar-refractivity contribution in [3.63, 3.8) is 0 Å². The molecule has 0 saturated heterocycles. The highest BCUT2D eigenvalue weighted by Gasteiger charge is 2.15. The fourth-order valence-corrected chi connectivity index (χ4v) is 1.33. The fourth-order valence-electron chi connectivity index (χ4n) is 1.33. The summed E-state index contributed by atoms with van der Waals surface area (Å²) < 4.78 is 0. The van der Waals surface area contributed by atoms with Gasteiger partial charge >= 0.3 is 0 Å². The maximum atomic E-state index is 5.79. The van der Waals surface area contributed by atoms with Crippen LogP contribution in [0.25, 0.3) is 0 Å². The number of nitrogens with two attached hydrogens (primary N) is 1. The van der Waals surface area contributed by atoms with E-state index < -0.39 is 0 Å². The van der Waals surface area contributed by atoms with Crippen LogP contribution in [0.5, 0.6) is 0 Å². The normalized spacial score (nSPS) is 13.7. The van der Waals surface area contributed by atoms with E-state index in [-0.39, 0.29) is 11.5 Å². The molecule has 14 heavy (non-hydrogen) atoms. The Hall–Kier alpha value is -1.08. The van der Waals surface area contributed by atoms with Crippen molar-refractivity contribution in [2.75, 3.05) is 0 Å². The summed E-state index contributed by atoms with van der Waals surface area (Å²) in [6.45, 7) is 10.1. The second kappa shape index (κ2) is 3.97. The van der Waals surface area contributed by atoms with Crippen LogP contribution in [0.1, 0.15) is 37.9 Å². The van der Waals surface area contributed by atoms with Crippen LogP contribution in [0.3, 0.4) is 0 Å². The molecule has 1 atom stereocenters. The molecule has 0 radical (unpaired) electrons. The van der Waals surface area contributed by atoms with Crippen molar-refractivity contribution < 1.29 is 0 Å². The summed E-state index contributed by atoms with van der Waals surface area (Å²) in [4.78, 5) is 0. The van der Waals surface area contributed by atoms with E-state index in [2.05, 4.69) is 44.7 Å². The molecular formula is C13H19N. The average Bonchev–Trinajstić information content (AvgIpc) is 2.18. The van der Waals surface area contributed by atoms with Gasteiger partial charge in [0.05, 0.1) is 0 Å². The highest BCUT2D eigenvalue weighted by Crippen LogP contribution is 2.25. The number of allylic oxidation sites excluding steroid dienone is 1. The number of rotatable bonds is 3. The number of hydrogen-bond donors (Lipinski definition) is 1. The summed E-state index contributed by atoms with van der Waals surface area (Å²) in [6, 6.07) is 8.54. The molecule has 1 unspecified atom stereocenters. The van der Waals surface area contributed by atoms with Crippen molar-refractivity contribution in [3.05, 3.63) is 48.0 Å². The minimum absolute atomic E-state index is 0.0381. The molecule has 1 heteroatoms. The Kier molecular flexibility index (Phi) is 3.12. The number of hydrogen-bond acceptors (Lipinski definition) is 1. The zero-order valence-corrected chi connectivity index (χ0v) is 9.25. The first-order valence-electron chi connectivity index (χ1n) is 4.97. The van der Waals surface area contributed by atoms with Gasteiger partial charge in [0.15, 0.2) is 0 Å². The average molecular weight is 189 g/mol. The van der Waals surface area contributed by atoms with Gasteiger partial charge in [0.2, 0.25) is 0 Å². The highest BCUT2D eigenvalue weighted by molar-refractivity contribution is 5.32. The first-order chi connectivity index (χ1) is 6.47. The summed E-state index contributed by atoms with van der Waals surface area (Å²) >= 11 is 0. The molecule has 0 bridgehead atoms. The van der Waals surface area contributed by atoms with Crippen molar-refractivity contribution in [2.24, 2.45) is 5.73 Å². The van der Waals surface area contributed by atoms with Crippen molar-refractivity contribution in [1.82, 2.24) is 0 Å². The Balaban J connectivity index is 2.99. The Morgan fingerprint density at radius 1 is 1.29 bits per heavy atom. The van der Waals surface area contributed by atoms with E-state index in [1.807, 2.05) is 13.0 Å². The van der Waals surface area contributed by atoms with Gasteiger partial charge in [-0.15, -0.1) is 6.58 Å². The van der Waals surface area contributed by atoms with Crippen molar-refractivity contribution in [2.45, 2.75) is 32.2 Å². The minimum Gasteiger partial charge on any atom is -0.324 e. The lowest BCUT2D eigenvalue weighted by Gasteiger charge is -2.20. The van der Waals surface area contributed by atoms with Gasteiger partial charge in [-0.3, -0.25) is 0 Å². The lowest BCUT2D eigenvalue weighted by molar-refractivity contribution is 0.670. The molecule has 0 heterocycles. The standard InChI is InChI=1S/C13H19N/c1-5-13(3,4)12-8-6-11(7-9-12)10(2)14/h5-10H,1,14H2,2-4H3. The van der Waals surface area contributed by atoms with Gasteiger partial charge in [0, 0.05) is 11.5 Å². The molecule has 0 spiro atoms. The zero-order valence-electron chi connectivity index (χ0n) is 9.25. The van der Waals surface area contributed by atoms with E-state index in [0.717, 1.165) is 0 Å². The van der Waals surface area contributed by atoms with E-state index in [1.54, 1.807) is 0 Å². The summed E-state index contributed by atoms with van der Waals surface area (Å²) in [6.07, 6.45) is 1.97. The molecule has 1 aromatic rings. The quantitative estimate of drug-likeness (QED) is 0.726. The molecule has 0 aliphatic rings. The van der Waals surface area contributed by atoms with Gasteiger partial charge in [-0.2, -0.15) is 0 Å². The summed E-state index contributed by atoms with van der Waals surface area (Å²) in [5.41, 5.74) is 8.27. The topological polar surface area (TPSA) is 26.0 Å². The number of benzene rings is 1. The monoisotopic (exact) mass is 189 g/mol. The van der Waals surface area contributed by atoms with Gasteiger partial charge in [0.25, 0.3) is 0 Å². The summed E-state index contributed by atoms with van der Waals surface area (Å²) in [5.74, 6) is 0. The van der Waals surface area contributed by atoms with Crippen LogP contribution >= 0.6 is 0 Å². The molecule has 0 amide bonds. The molecule has 1 aromatic carbocycles. The molecular weight excluding hydrogens is 170 g/mol. The lowest BCUT2D eigenvalue weighted by atomic mass is 9.84. The van der Waals surface area contributed by atoms with Crippen LogP contribution in [0, 0.1) is 0 Å². The van der Waals surface area contributed by atoms with Crippen molar-refractivity contribution in [1.29, 1.82) is 0 Å². The molecule has 1 rings (SSSR count). The van der Waals surface area contributed by atoms with E-state index in [1.165, 1.54) is 11.1 Å². The Labute approximate surface area is 86.6 Å². The van der Waals surface area contributed by atoms with Gasteiger partial charge in [-0.25, -0.2) is 0 Å². The largest absolute Gasteiger partial charge is 0.324 e. The molecule has 0 fully saturated rings. The predicted molar refractivity (Wildman–Crippen MR) is 62.3 cm³/mol. The second-order valence-electron chi connectivity index (χ2n) is 4.34. The lowest BCUT2D eigenvalue weighted by Crippen LogP contribution is -2.13. The van der Waals surface area contributed by atoms with Gasteiger partial charge in [-0.1, -0.05) is 44.2 Å². The minimum atomic E-state index is 0.0381. The first kappa shape index (κ1) is 11.0. The third-order valence-electron chi connectivity index (χ3n) is 2.69. The molecule has 76 valence electrons. The maximum Gasteiger partial charge on any atom is 0.0266 e. The van der Waals surface area contributed by atoms with E-state index in [4.69, 9.17) is 5.73 Å². The Morgan fingerprint density at radius 3 is 2.14 bits per heavy atom. The maximum absolute atomic E-state index is 5.79. The van der Waals surface area contributed by atoms with E-state index >= 15 is 0 Å². The van der Waals surface area contributed by atoms with Crippen LogP contribution in [0.4, 0.5) is 0 Å². The fraction of sp³-hybridized carbons (Fsp3) is 0.385.